The molecule has 0 spiro atoms. The fourth-order valence-electron chi connectivity index (χ4n) is 3.95. The fourth-order valence-corrected chi connectivity index (χ4v) is 3.95. The third kappa shape index (κ3) is 4.16. The number of anilines is 2. The van der Waals surface area contributed by atoms with Crippen molar-refractivity contribution in [1.82, 2.24) is 4.90 Å². The molecule has 0 radical (unpaired) electrons. The minimum Gasteiger partial charge on any atom is -0.339 e. The molecule has 150 valence electrons. The van der Waals surface area contributed by atoms with Crippen molar-refractivity contribution in [3.63, 3.8) is 0 Å². The van der Waals surface area contributed by atoms with Gasteiger partial charge in [-0.2, -0.15) is 0 Å². The second-order valence-electron chi connectivity index (χ2n) is 7.55. The van der Waals surface area contributed by atoms with Crippen LogP contribution in [0.3, 0.4) is 0 Å². The number of hydrogen-bond donors (Lipinski definition) is 1. The number of likely N-dealkylation sites (tertiary alicyclic amines) is 1. The minimum absolute atomic E-state index is 0.0384. The summed E-state index contributed by atoms with van der Waals surface area (Å²) in [5.74, 6) is -0.195. The van der Waals surface area contributed by atoms with E-state index in [2.05, 4.69) is 5.32 Å². The number of carbonyl (C=O) groups is 3. The van der Waals surface area contributed by atoms with Gasteiger partial charge in [-0.25, -0.2) is 0 Å². The molecule has 2 aliphatic heterocycles. The number of piperidine rings is 1. The van der Waals surface area contributed by atoms with Gasteiger partial charge in [-0.15, -0.1) is 0 Å². The zero-order valence-electron chi connectivity index (χ0n) is 16.4. The molecule has 0 aliphatic carbocycles. The summed E-state index contributed by atoms with van der Waals surface area (Å²) < 4.78 is 0. The van der Waals surface area contributed by atoms with Crippen LogP contribution in [0.4, 0.5) is 11.4 Å². The molecule has 0 unspecified atom stereocenters. The molecule has 2 aliphatic rings. The van der Waals surface area contributed by atoms with Gasteiger partial charge in [0.15, 0.2) is 0 Å². The lowest BCUT2D eigenvalue weighted by molar-refractivity contribution is -0.117. The molecule has 2 heterocycles. The van der Waals surface area contributed by atoms with Crippen molar-refractivity contribution in [2.24, 2.45) is 0 Å². The van der Waals surface area contributed by atoms with Crippen LogP contribution in [0.2, 0.25) is 0 Å². The third-order valence-corrected chi connectivity index (χ3v) is 5.56. The zero-order chi connectivity index (χ0) is 20.2. The molecular weight excluding hydrogens is 366 g/mol. The van der Waals surface area contributed by atoms with E-state index in [0.717, 1.165) is 51.0 Å². The SMILES string of the molecule is O=C(Nc1ccccc1C(=O)N1CCCCC1)c1ccc(N2CCCC2=O)cc1. The monoisotopic (exact) mass is 391 g/mol. The summed E-state index contributed by atoms with van der Waals surface area (Å²) in [7, 11) is 0. The highest BCUT2D eigenvalue weighted by Crippen LogP contribution is 2.23. The van der Waals surface area contributed by atoms with Crippen LogP contribution in [-0.2, 0) is 4.79 Å². The Balaban J connectivity index is 1.48. The highest BCUT2D eigenvalue weighted by Gasteiger charge is 2.23. The van der Waals surface area contributed by atoms with Crippen LogP contribution in [0.1, 0.15) is 52.8 Å². The number of rotatable bonds is 4. The summed E-state index contributed by atoms with van der Waals surface area (Å²) in [4.78, 5) is 41.1. The van der Waals surface area contributed by atoms with Crippen molar-refractivity contribution < 1.29 is 14.4 Å². The summed E-state index contributed by atoms with van der Waals surface area (Å²) in [6.45, 7) is 2.24. The van der Waals surface area contributed by atoms with Crippen LogP contribution in [0.5, 0.6) is 0 Å². The maximum absolute atomic E-state index is 12.9. The molecule has 2 fully saturated rings. The van der Waals surface area contributed by atoms with Gasteiger partial charge in [-0.3, -0.25) is 14.4 Å². The molecule has 29 heavy (non-hydrogen) atoms. The summed E-state index contributed by atoms with van der Waals surface area (Å²) in [5.41, 5.74) is 2.33. The molecule has 0 saturated carbocycles. The summed E-state index contributed by atoms with van der Waals surface area (Å²) in [6.07, 6.45) is 4.63. The average Bonchev–Trinajstić information content (AvgIpc) is 3.20. The van der Waals surface area contributed by atoms with Gasteiger partial charge in [0.05, 0.1) is 11.3 Å². The predicted molar refractivity (Wildman–Crippen MR) is 112 cm³/mol. The van der Waals surface area contributed by atoms with Crippen LogP contribution >= 0.6 is 0 Å². The average molecular weight is 391 g/mol. The number of carbonyl (C=O) groups excluding carboxylic acids is 3. The van der Waals surface area contributed by atoms with Gasteiger partial charge in [-0.05, 0) is 62.1 Å². The highest BCUT2D eigenvalue weighted by atomic mass is 16.2. The molecule has 4 rings (SSSR count). The molecule has 6 nitrogen and oxygen atoms in total. The lowest BCUT2D eigenvalue weighted by atomic mass is 10.1. The Morgan fingerprint density at radius 3 is 2.24 bits per heavy atom. The van der Waals surface area contributed by atoms with Gasteiger partial charge in [0.2, 0.25) is 5.91 Å². The molecule has 3 amide bonds. The number of nitrogens with zero attached hydrogens (tertiary/aromatic N) is 2. The smallest absolute Gasteiger partial charge is 0.255 e. The maximum atomic E-state index is 12.9. The van der Waals surface area contributed by atoms with E-state index in [1.807, 2.05) is 17.0 Å². The Kier molecular flexibility index (Phi) is 5.60. The van der Waals surface area contributed by atoms with E-state index in [-0.39, 0.29) is 17.7 Å². The Bertz CT molecular complexity index is 917. The fraction of sp³-hybridized carbons (Fsp3) is 0.348. The number of amides is 3. The van der Waals surface area contributed by atoms with Gasteiger partial charge < -0.3 is 15.1 Å². The Morgan fingerprint density at radius 1 is 0.828 bits per heavy atom. The Morgan fingerprint density at radius 2 is 1.55 bits per heavy atom. The van der Waals surface area contributed by atoms with E-state index < -0.39 is 0 Å². The van der Waals surface area contributed by atoms with E-state index in [4.69, 9.17) is 0 Å². The zero-order valence-corrected chi connectivity index (χ0v) is 16.4. The van der Waals surface area contributed by atoms with Crippen LogP contribution in [0, 0.1) is 0 Å². The van der Waals surface area contributed by atoms with Crippen LogP contribution in [0.15, 0.2) is 48.5 Å². The molecule has 6 heteroatoms. The second-order valence-corrected chi connectivity index (χ2v) is 7.55. The van der Waals surface area contributed by atoms with Crippen LogP contribution in [-0.4, -0.2) is 42.3 Å². The molecule has 0 aromatic heterocycles. The number of nitrogens with one attached hydrogen (secondary N) is 1. The summed E-state index contributed by atoms with van der Waals surface area (Å²) in [5, 5.41) is 2.88. The van der Waals surface area contributed by atoms with Crippen molar-refractivity contribution in [1.29, 1.82) is 0 Å². The van der Waals surface area contributed by atoms with Crippen molar-refractivity contribution in [3.8, 4) is 0 Å². The molecule has 0 bridgehead atoms. The first kappa shape index (κ1) is 19.2. The lowest BCUT2D eigenvalue weighted by Gasteiger charge is -2.27. The Labute approximate surface area is 170 Å². The molecule has 1 N–H and O–H groups in total. The van der Waals surface area contributed by atoms with Crippen LogP contribution in [0.25, 0.3) is 0 Å². The molecular formula is C23H25N3O3. The van der Waals surface area contributed by atoms with Gasteiger partial charge >= 0.3 is 0 Å². The van der Waals surface area contributed by atoms with Crippen molar-refractivity contribution >= 4 is 29.1 Å². The molecule has 2 aromatic carbocycles. The van der Waals surface area contributed by atoms with Gasteiger partial charge in [-0.1, -0.05) is 12.1 Å². The molecule has 2 aromatic rings. The largest absolute Gasteiger partial charge is 0.339 e. The Hall–Kier alpha value is -3.15. The van der Waals surface area contributed by atoms with Gasteiger partial charge in [0.1, 0.15) is 0 Å². The summed E-state index contributed by atoms with van der Waals surface area (Å²) in [6, 6.07) is 14.2. The van der Waals surface area contributed by atoms with Gasteiger partial charge in [0.25, 0.3) is 11.8 Å². The standard InChI is InChI=1S/C23H25N3O3/c27-21-9-6-16-26(21)18-12-10-17(11-13-18)22(28)24-20-8-3-2-7-19(20)23(29)25-14-4-1-5-15-25/h2-3,7-8,10-13H,1,4-6,9,14-16H2,(H,24,28). The third-order valence-electron chi connectivity index (χ3n) is 5.56. The lowest BCUT2D eigenvalue weighted by Crippen LogP contribution is -2.36. The first-order chi connectivity index (χ1) is 14.1. The highest BCUT2D eigenvalue weighted by molar-refractivity contribution is 6.09. The van der Waals surface area contributed by atoms with E-state index in [1.54, 1.807) is 41.3 Å². The second kappa shape index (κ2) is 8.47. The molecule has 0 atom stereocenters. The normalized spacial score (nSPS) is 16.8. The maximum Gasteiger partial charge on any atom is 0.255 e. The van der Waals surface area contributed by atoms with E-state index in [9.17, 15) is 14.4 Å². The first-order valence-electron chi connectivity index (χ1n) is 10.2. The topological polar surface area (TPSA) is 69.7 Å². The van der Waals surface area contributed by atoms with Crippen molar-refractivity contribution in [2.75, 3.05) is 29.9 Å². The van der Waals surface area contributed by atoms with Gasteiger partial charge in [0, 0.05) is 37.3 Å². The first-order valence-corrected chi connectivity index (χ1v) is 10.2. The molecule has 2 saturated heterocycles. The van der Waals surface area contributed by atoms with E-state index in [1.165, 1.54) is 0 Å². The van der Waals surface area contributed by atoms with Crippen molar-refractivity contribution in [3.05, 3.63) is 59.7 Å². The van der Waals surface area contributed by atoms with E-state index in [0.29, 0.717) is 23.2 Å². The van der Waals surface area contributed by atoms with Crippen LogP contribution < -0.4 is 10.2 Å². The predicted octanol–water partition coefficient (Wildman–Crippen LogP) is 3.69. The summed E-state index contributed by atoms with van der Waals surface area (Å²) >= 11 is 0. The minimum atomic E-state index is -0.275. The number of para-hydroxylation sites is 1. The number of hydrogen-bond acceptors (Lipinski definition) is 3. The quantitative estimate of drug-likeness (QED) is 0.864. The van der Waals surface area contributed by atoms with Crippen molar-refractivity contribution in [2.45, 2.75) is 32.1 Å². The number of benzene rings is 2. The van der Waals surface area contributed by atoms with E-state index >= 15 is 0 Å².